The van der Waals surface area contributed by atoms with Gasteiger partial charge in [-0.25, -0.2) is 0 Å². The van der Waals surface area contributed by atoms with Gasteiger partial charge < -0.3 is 9.47 Å². The van der Waals surface area contributed by atoms with E-state index >= 15 is 0 Å². The summed E-state index contributed by atoms with van der Waals surface area (Å²) in [5, 5.41) is 0. The minimum atomic E-state index is -0.640. The minimum absolute atomic E-state index is 0.190. The van der Waals surface area contributed by atoms with Crippen LogP contribution in [-0.2, 0) is 19.1 Å². The van der Waals surface area contributed by atoms with Crippen molar-refractivity contribution in [2.45, 2.75) is 125 Å². The highest BCUT2D eigenvalue weighted by molar-refractivity contribution is 5.68. The van der Waals surface area contributed by atoms with Crippen molar-refractivity contribution in [3.63, 3.8) is 0 Å². The largest absolute Gasteiger partial charge is 0.462 e. The summed E-state index contributed by atoms with van der Waals surface area (Å²) in [6.07, 6.45) is 14.1. The van der Waals surface area contributed by atoms with Crippen LogP contribution in [0.2, 0.25) is 0 Å². The van der Waals surface area contributed by atoms with Crippen LogP contribution in [0.5, 0.6) is 0 Å². The van der Waals surface area contributed by atoms with Gasteiger partial charge in [-0.05, 0) is 78.3 Å². The van der Waals surface area contributed by atoms with Gasteiger partial charge in [-0.2, -0.15) is 0 Å². The Labute approximate surface area is 219 Å². The second kappa shape index (κ2) is 9.95. The number of allylic oxidation sites excluding steroid dienone is 2. The molecule has 0 spiro atoms. The average molecular weight is 499 g/mol. The fourth-order valence-corrected chi connectivity index (χ4v) is 8.63. The van der Waals surface area contributed by atoms with Gasteiger partial charge in [0.25, 0.3) is 0 Å². The molecule has 0 aliphatic heterocycles. The van der Waals surface area contributed by atoms with Crippen LogP contribution in [0.3, 0.4) is 0 Å². The van der Waals surface area contributed by atoms with Crippen LogP contribution in [-0.4, -0.2) is 23.6 Å². The summed E-state index contributed by atoms with van der Waals surface area (Å²) in [5.74, 6) is 3.14. The molecule has 4 nitrogen and oxygen atoms in total. The lowest BCUT2D eigenvalue weighted by Crippen LogP contribution is -2.58. The van der Waals surface area contributed by atoms with Crippen LogP contribution in [0.4, 0.5) is 0 Å². The monoisotopic (exact) mass is 498 g/mol. The van der Waals surface area contributed by atoms with Crippen LogP contribution in [0.15, 0.2) is 23.3 Å². The first kappa shape index (κ1) is 27.5. The topological polar surface area (TPSA) is 52.6 Å². The Morgan fingerprint density at radius 2 is 1.69 bits per heavy atom. The van der Waals surface area contributed by atoms with E-state index in [1.54, 1.807) is 0 Å². The highest BCUT2D eigenvalue weighted by atomic mass is 16.6. The molecule has 0 amide bonds. The number of esters is 2. The molecule has 8 atom stereocenters. The number of rotatable bonds is 7. The Balaban J connectivity index is 1.61. The van der Waals surface area contributed by atoms with Crippen molar-refractivity contribution < 1.29 is 19.1 Å². The van der Waals surface area contributed by atoms with Crippen LogP contribution in [0, 0.1) is 40.4 Å². The predicted molar refractivity (Wildman–Crippen MR) is 144 cm³/mol. The predicted octanol–water partition coefficient (Wildman–Crippen LogP) is 7.81. The van der Waals surface area contributed by atoms with Crippen LogP contribution in [0.25, 0.3) is 0 Å². The van der Waals surface area contributed by atoms with Crippen molar-refractivity contribution in [3.8, 4) is 0 Å². The molecule has 0 aromatic carbocycles. The van der Waals surface area contributed by atoms with Gasteiger partial charge in [0.15, 0.2) is 0 Å². The SMILES string of the molecule is CC(=O)O[C@@H]1CC[C@]2(C)C3=CC[C@@]4(C)[C@@H]([C@H](C)CC[C@H](C)C(C)C)CC[C@H]4C3=CC[C@@]2(OC(C)=O)C1. The van der Waals surface area contributed by atoms with E-state index in [0.29, 0.717) is 24.2 Å². The fraction of sp³-hybridized carbons (Fsp3) is 0.812. The summed E-state index contributed by atoms with van der Waals surface area (Å²) in [6, 6.07) is 0. The zero-order valence-electron chi connectivity index (χ0n) is 24.1. The first-order chi connectivity index (χ1) is 16.8. The van der Waals surface area contributed by atoms with E-state index in [0.717, 1.165) is 42.9 Å². The van der Waals surface area contributed by atoms with E-state index in [9.17, 15) is 9.59 Å². The first-order valence-electron chi connectivity index (χ1n) is 14.6. The molecule has 4 heteroatoms. The maximum Gasteiger partial charge on any atom is 0.303 e. The highest BCUT2D eigenvalue weighted by Gasteiger charge is 2.62. The summed E-state index contributed by atoms with van der Waals surface area (Å²) in [6.45, 7) is 17.5. The van der Waals surface area contributed by atoms with E-state index in [4.69, 9.17) is 9.47 Å². The second-order valence-corrected chi connectivity index (χ2v) is 13.6. The summed E-state index contributed by atoms with van der Waals surface area (Å²) in [4.78, 5) is 24.0. The highest BCUT2D eigenvalue weighted by Crippen LogP contribution is 2.66. The van der Waals surface area contributed by atoms with Crippen molar-refractivity contribution in [1.82, 2.24) is 0 Å². The normalized spacial score (nSPS) is 39.2. The van der Waals surface area contributed by atoms with Gasteiger partial charge in [0.2, 0.25) is 0 Å². The van der Waals surface area contributed by atoms with Crippen molar-refractivity contribution in [2.24, 2.45) is 40.4 Å². The third-order valence-electron chi connectivity index (χ3n) is 11.2. The number of fused-ring (bicyclic) bond motifs is 5. The number of carbonyl (C=O) groups is 2. The van der Waals surface area contributed by atoms with Crippen molar-refractivity contribution in [3.05, 3.63) is 23.3 Å². The third kappa shape index (κ3) is 4.60. The molecule has 0 unspecified atom stereocenters. The Hall–Kier alpha value is -1.58. The molecule has 0 bridgehead atoms. The van der Waals surface area contributed by atoms with Gasteiger partial charge in [-0.3, -0.25) is 9.59 Å². The van der Waals surface area contributed by atoms with Gasteiger partial charge >= 0.3 is 11.9 Å². The number of ether oxygens (including phenoxy) is 2. The molecule has 2 saturated carbocycles. The second-order valence-electron chi connectivity index (χ2n) is 13.6. The van der Waals surface area contributed by atoms with Crippen LogP contribution in [0.1, 0.15) is 113 Å². The molecule has 2 fully saturated rings. The van der Waals surface area contributed by atoms with Gasteiger partial charge in [0, 0.05) is 32.1 Å². The fourth-order valence-electron chi connectivity index (χ4n) is 8.63. The molecule has 0 N–H and O–H groups in total. The van der Waals surface area contributed by atoms with Gasteiger partial charge in [-0.1, -0.05) is 66.5 Å². The van der Waals surface area contributed by atoms with E-state index in [1.165, 1.54) is 50.7 Å². The quantitative estimate of drug-likeness (QED) is 0.336. The van der Waals surface area contributed by atoms with Gasteiger partial charge in [-0.15, -0.1) is 0 Å². The Bertz CT molecular complexity index is 930. The average Bonchev–Trinajstić information content (AvgIpc) is 3.14. The summed E-state index contributed by atoms with van der Waals surface area (Å²) < 4.78 is 11.8. The zero-order chi connectivity index (χ0) is 26.5. The molecule has 0 heterocycles. The molecule has 0 aromatic rings. The molecular formula is C32H50O4. The van der Waals surface area contributed by atoms with Crippen LogP contribution >= 0.6 is 0 Å². The maximum absolute atomic E-state index is 12.3. The molecule has 0 saturated heterocycles. The molecule has 4 aliphatic carbocycles. The Kier molecular flexibility index (Phi) is 7.59. The lowest BCUT2D eigenvalue weighted by Gasteiger charge is -2.58. The zero-order valence-corrected chi connectivity index (χ0v) is 24.1. The van der Waals surface area contributed by atoms with Crippen LogP contribution < -0.4 is 0 Å². The number of hydrogen-bond acceptors (Lipinski definition) is 4. The molecule has 202 valence electrons. The van der Waals surface area contributed by atoms with Crippen molar-refractivity contribution in [1.29, 1.82) is 0 Å². The number of carbonyl (C=O) groups excluding carboxylic acids is 2. The molecule has 4 aliphatic rings. The maximum atomic E-state index is 12.3. The lowest BCUT2D eigenvalue weighted by molar-refractivity contribution is -0.190. The third-order valence-corrected chi connectivity index (χ3v) is 11.2. The standard InChI is InChI=1S/C32H50O4/c1-20(2)21(3)9-10-22(4)27-11-12-28-26-14-18-32(36-24(6)34)19-25(35-23(5)33)13-17-31(32,8)29(26)15-16-30(27,28)7/h14-15,20-22,25,27-28H,9-13,16-19H2,1-8H3/t21-,22+,25+,27+,28-,30-,31+,32+/m0/s1. The van der Waals surface area contributed by atoms with Crippen molar-refractivity contribution in [2.75, 3.05) is 0 Å². The minimum Gasteiger partial charge on any atom is -0.462 e. The molecule has 36 heavy (non-hydrogen) atoms. The van der Waals surface area contributed by atoms with E-state index in [2.05, 4.69) is 53.7 Å². The van der Waals surface area contributed by atoms with Crippen molar-refractivity contribution >= 4 is 11.9 Å². The Morgan fingerprint density at radius 1 is 0.972 bits per heavy atom. The van der Waals surface area contributed by atoms with E-state index in [1.807, 2.05) is 0 Å². The smallest absolute Gasteiger partial charge is 0.303 e. The Morgan fingerprint density at radius 3 is 2.33 bits per heavy atom. The summed E-state index contributed by atoms with van der Waals surface area (Å²) in [7, 11) is 0. The first-order valence-corrected chi connectivity index (χ1v) is 14.6. The molecule has 0 aromatic heterocycles. The molecular weight excluding hydrogens is 448 g/mol. The molecule has 0 radical (unpaired) electrons. The molecule has 4 rings (SSSR count). The summed E-state index contributed by atoms with van der Waals surface area (Å²) in [5.41, 5.74) is 2.38. The van der Waals surface area contributed by atoms with Gasteiger partial charge in [0.1, 0.15) is 11.7 Å². The summed E-state index contributed by atoms with van der Waals surface area (Å²) >= 11 is 0. The van der Waals surface area contributed by atoms with E-state index < -0.39 is 5.60 Å². The van der Waals surface area contributed by atoms with Gasteiger partial charge in [0.05, 0.1) is 0 Å². The number of hydrogen-bond donors (Lipinski definition) is 0. The van der Waals surface area contributed by atoms with E-state index in [-0.39, 0.29) is 23.5 Å². The lowest BCUT2D eigenvalue weighted by atomic mass is 9.50.